The number of furan rings is 1. The van der Waals surface area contributed by atoms with E-state index in [1.54, 1.807) is 31.8 Å². The van der Waals surface area contributed by atoms with E-state index in [1.165, 1.54) is 16.0 Å². The predicted octanol–water partition coefficient (Wildman–Crippen LogP) is 11.5. The van der Waals surface area contributed by atoms with Gasteiger partial charge in [0.25, 0.3) is 0 Å². The fourth-order valence-corrected chi connectivity index (χ4v) is 7.08. The fraction of sp³-hybridized carbons (Fsp3) is 0.220. The molecule has 0 aliphatic heterocycles. The first-order chi connectivity index (χ1) is 22.7. The van der Waals surface area contributed by atoms with E-state index in [2.05, 4.69) is 120 Å². The molecule has 0 spiro atoms. The molecule has 0 amide bonds. The zero-order valence-corrected chi connectivity index (χ0v) is 28.8. The Hall–Kier alpha value is -4.68. The topological polar surface area (TPSA) is 44.5 Å². The predicted molar refractivity (Wildman–Crippen MR) is 198 cm³/mol. The van der Waals surface area contributed by atoms with E-state index in [-0.39, 0.29) is 5.41 Å². The van der Waals surface area contributed by atoms with Crippen LogP contribution in [0, 0.1) is 0 Å². The summed E-state index contributed by atoms with van der Waals surface area (Å²) in [6.07, 6.45) is 1.70. The van der Waals surface area contributed by atoms with Crippen molar-refractivity contribution in [3.05, 3.63) is 108 Å². The maximum absolute atomic E-state index is 6.17. The Morgan fingerprint density at radius 1 is 0.766 bits per heavy atom. The maximum atomic E-state index is 6.17. The molecule has 4 aromatic heterocycles. The fourth-order valence-electron chi connectivity index (χ4n) is 6.34. The van der Waals surface area contributed by atoms with E-state index in [0.717, 1.165) is 72.2 Å². The molecule has 0 saturated heterocycles. The molecule has 4 nitrogen and oxygen atoms in total. The quantitative estimate of drug-likeness (QED) is 0.164. The summed E-state index contributed by atoms with van der Waals surface area (Å²) in [6.45, 7) is 13.5. The van der Waals surface area contributed by atoms with Gasteiger partial charge in [-0.1, -0.05) is 0 Å². The zero-order valence-electron chi connectivity index (χ0n) is 28.0. The van der Waals surface area contributed by atoms with Gasteiger partial charge in [0.1, 0.15) is 0 Å². The van der Waals surface area contributed by atoms with Gasteiger partial charge < -0.3 is 0 Å². The summed E-state index contributed by atoms with van der Waals surface area (Å²) in [5, 5.41) is 5.42. The van der Waals surface area contributed by atoms with Gasteiger partial charge in [-0.15, -0.1) is 0 Å². The number of rotatable bonds is 7. The second kappa shape index (κ2) is 12.2. The summed E-state index contributed by atoms with van der Waals surface area (Å²) in [4.78, 5) is 6.55. The number of pyridine rings is 1. The van der Waals surface area contributed by atoms with Gasteiger partial charge in [0.15, 0.2) is 0 Å². The number of hydrogen-bond donors (Lipinski definition) is 0. The number of thiophene rings is 1. The normalized spacial score (nSPS) is 11.8. The molecule has 0 aliphatic carbocycles. The molecule has 47 heavy (non-hydrogen) atoms. The molecule has 7 rings (SSSR count). The average molecular weight is 636 g/mol. The van der Waals surface area contributed by atoms with Crippen LogP contribution < -0.4 is 9.47 Å². The summed E-state index contributed by atoms with van der Waals surface area (Å²) in [5.41, 5.74) is 9.39. The van der Waals surface area contributed by atoms with Crippen LogP contribution in [0.4, 0.5) is 0 Å². The van der Waals surface area contributed by atoms with Gasteiger partial charge in [-0.2, -0.15) is 0 Å². The molecule has 6 heteroatoms. The summed E-state index contributed by atoms with van der Waals surface area (Å²) >= 11 is 1.73. The van der Waals surface area contributed by atoms with Crippen LogP contribution in [0.3, 0.4) is 0 Å². The van der Waals surface area contributed by atoms with E-state index < -0.39 is 0 Å². The zero-order chi connectivity index (χ0) is 32.9. The van der Waals surface area contributed by atoms with Crippen LogP contribution in [0.15, 0.2) is 101 Å². The number of ether oxygens (including phenoxy) is 2. The first kappa shape index (κ1) is 31.0. The second-order valence-electron chi connectivity index (χ2n) is 13.4. The summed E-state index contributed by atoms with van der Waals surface area (Å²) < 4.78 is 18.1. The van der Waals surface area contributed by atoms with Gasteiger partial charge in [-0.3, -0.25) is 0 Å². The molecular weight excluding hydrogens is 597 g/mol. The van der Waals surface area contributed by atoms with E-state index in [4.69, 9.17) is 18.9 Å². The number of hydrogen-bond acceptors (Lipinski definition) is 5. The van der Waals surface area contributed by atoms with Gasteiger partial charge in [-0.05, 0) is 0 Å². The van der Waals surface area contributed by atoms with Crippen molar-refractivity contribution < 1.29 is 13.9 Å². The van der Waals surface area contributed by atoms with E-state index in [1.807, 2.05) is 12.1 Å². The Morgan fingerprint density at radius 3 is 2.15 bits per heavy atom. The second-order valence-corrected chi connectivity index (χ2v) is 14.3. The van der Waals surface area contributed by atoms with Gasteiger partial charge >= 0.3 is 282 Å². The van der Waals surface area contributed by atoms with Gasteiger partial charge in [-0.25, -0.2) is 0 Å². The Morgan fingerprint density at radius 2 is 1.47 bits per heavy atom. The third-order valence-electron chi connectivity index (χ3n) is 8.98. The standard InChI is InChI=1S/C41H38BNO3S/c1-24(2)27-20-30(40(45-7)31(21-27)35-10-8-18-46-35)34-17-15-26-13-12-25-14-16-33(42-37(25)38(26)43-34)29-22-28(41(3,4)5)23-32(39(29)44-6)36-11-9-19-47-36/h8-24H,1-7H3. The molecule has 3 aromatic carbocycles. The molecular formula is C41H38BNO3S. The third-order valence-corrected chi connectivity index (χ3v) is 9.88. The monoisotopic (exact) mass is 635 g/mol. The van der Waals surface area contributed by atoms with Gasteiger partial charge in [0, 0.05) is 0 Å². The van der Waals surface area contributed by atoms with Crippen molar-refractivity contribution in [1.82, 2.24) is 4.98 Å². The minimum atomic E-state index is -0.0366. The van der Waals surface area contributed by atoms with E-state index in [0.29, 0.717) is 5.92 Å². The molecule has 0 aliphatic rings. The van der Waals surface area contributed by atoms with E-state index in [9.17, 15) is 0 Å². The van der Waals surface area contributed by atoms with Crippen LogP contribution in [0.25, 0.3) is 65.6 Å². The molecule has 0 N–H and O–H groups in total. The van der Waals surface area contributed by atoms with Crippen molar-refractivity contribution in [1.29, 1.82) is 0 Å². The molecule has 7 aromatic rings. The van der Waals surface area contributed by atoms with Crippen molar-refractivity contribution in [2.24, 2.45) is 0 Å². The first-order valence-electron chi connectivity index (χ1n) is 16.0. The SMILES string of the molecule is COc1c(-c2ccc3ccc4ccc(-c5cc(C(C)(C)C)cc(-c6cccs6)c5OC)bc4c3n2)cc(C(C)C)cc1-c1ccco1. The minimum absolute atomic E-state index is 0.0366. The summed E-state index contributed by atoms with van der Waals surface area (Å²) in [5.74, 6) is 2.72. The molecule has 0 radical (unpaired) electrons. The number of benzene rings is 3. The van der Waals surface area contributed by atoms with Crippen LogP contribution in [0.2, 0.25) is 0 Å². The van der Waals surface area contributed by atoms with Crippen LogP contribution in [-0.4, -0.2) is 26.1 Å². The molecule has 4 heterocycles. The molecule has 0 atom stereocenters. The average Bonchev–Trinajstić information content (AvgIpc) is 3.82. The first-order valence-corrected chi connectivity index (χ1v) is 16.9. The molecule has 234 valence electrons. The van der Waals surface area contributed by atoms with Crippen LogP contribution in [0.5, 0.6) is 11.5 Å². The Balaban J connectivity index is 1.46. The van der Waals surface area contributed by atoms with Crippen LogP contribution in [0.1, 0.15) is 51.7 Å². The Kier molecular flexibility index (Phi) is 8.01. The van der Waals surface area contributed by atoms with Crippen molar-refractivity contribution in [2.75, 3.05) is 14.2 Å². The number of methoxy groups -OCH3 is 2. The molecule has 0 unspecified atom stereocenters. The van der Waals surface area contributed by atoms with Crippen molar-refractivity contribution in [2.45, 2.75) is 46.0 Å². The van der Waals surface area contributed by atoms with Crippen LogP contribution in [-0.2, 0) is 5.41 Å². The Bertz CT molecular complexity index is 2230. The molecule has 0 fully saturated rings. The van der Waals surface area contributed by atoms with Gasteiger partial charge in [0.05, 0.1) is 0 Å². The number of aromatic nitrogens is 1. The van der Waals surface area contributed by atoms with Gasteiger partial charge in [0.2, 0.25) is 0 Å². The summed E-state index contributed by atoms with van der Waals surface area (Å²) in [6, 6.07) is 30.1. The Labute approximate surface area is 281 Å². The van der Waals surface area contributed by atoms with E-state index >= 15 is 0 Å². The molecule has 0 saturated carbocycles. The number of fused-ring (bicyclic) bond motifs is 3. The third kappa shape index (κ3) is 5.65. The summed E-state index contributed by atoms with van der Waals surface area (Å²) in [7, 11) is 3.49. The van der Waals surface area contributed by atoms with Crippen molar-refractivity contribution >= 4 is 39.8 Å². The number of nitrogens with zero attached hydrogens (tertiary/aromatic N) is 1. The van der Waals surface area contributed by atoms with Crippen LogP contribution >= 0.6 is 11.3 Å². The van der Waals surface area contributed by atoms with Crippen molar-refractivity contribution in [3.63, 3.8) is 0 Å². The van der Waals surface area contributed by atoms with Crippen molar-refractivity contribution in [3.8, 4) is 55.5 Å². The molecule has 0 bridgehead atoms.